The monoisotopic (exact) mass is 247 g/mol. The molecule has 1 atom stereocenters. The molecule has 1 aliphatic heterocycles. The minimum absolute atomic E-state index is 0.177. The van der Waals surface area contributed by atoms with Gasteiger partial charge in [0.25, 0.3) is 5.91 Å². The van der Waals surface area contributed by atoms with Gasteiger partial charge in [-0.05, 0) is 25.0 Å². The predicted octanol–water partition coefficient (Wildman–Crippen LogP) is 2.29. The Morgan fingerprint density at radius 2 is 2.11 bits per heavy atom. The Morgan fingerprint density at radius 1 is 1.44 bits per heavy atom. The number of nitrogens with zero attached hydrogens (tertiary/aromatic N) is 1. The third kappa shape index (κ3) is 1.78. The summed E-state index contributed by atoms with van der Waals surface area (Å²) in [7, 11) is 0. The Labute approximate surface area is 106 Å². The van der Waals surface area contributed by atoms with E-state index in [1.807, 2.05) is 19.1 Å². The molecule has 1 heterocycles. The molecule has 0 spiro atoms. The second-order valence-electron chi connectivity index (χ2n) is 4.88. The van der Waals surface area contributed by atoms with Crippen LogP contribution in [0.4, 0.5) is 0 Å². The number of hydrogen-bond acceptors (Lipinski definition) is 2. The van der Waals surface area contributed by atoms with Crippen molar-refractivity contribution in [3.63, 3.8) is 0 Å². The Morgan fingerprint density at radius 3 is 2.67 bits per heavy atom. The quantitative estimate of drug-likeness (QED) is 0.888. The largest absolute Gasteiger partial charge is 0.480 e. The van der Waals surface area contributed by atoms with Gasteiger partial charge in [0.05, 0.1) is 0 Å². The first-order valence-electron chi connectivity index (χ1n) is 6.14. The zero-order chi connectivity index (χ0) is 13.3. The summed E-state index contributed by atoms with van der Waals surface area (Å²) in [5.41, 5.74) is 0.414. The minimum Gasteiger partial charge on any atom is -0.480 e. The molecule has 1 amide bonds. The Balaban J connectivity index is 2.37. The number of carboxylic acids is 1. The van der Waals surface area contributed by atoms with Crippen molar-refractivity contribution in [2.45, 2.75) is 38.8 Å². The molecule has 4 heteroatoms. The average molecular weight is 247 g/mol. The maximum atomic E-state index is 12.3. The minimum atomic E-state index is -1.12. The molecule has 1 unspecified atom stereocenters. The van der Waals surface area contributed by atoms with E-state index in [9.17, 15) is 14.7 Å². The van der Waals surface area contributed by atoms with Crippen LogP contribution in [-0.2, 0) is 11.3 Å². The van der Waals surface area contributed by atoms with Gasteiger partial charge in [-0.3, -0.25) is 4.79 Å². The highest BCUT2D eigenvalue weighted by Crippen LogP contribution is 2.32. The first kappa shape index (κ1) is 12.6. The molecule has 18 heavy (non-hydrogen) atoms. The van der Waals surface area contributed by atoms with Gasteiger partial charge in [0.15, 0.2) is 0 Å². The topological polar surface area (TPSA) is 57.6 Å². The molecule has 2 rings (SSSR count). The summed E-state index contributed by atoms with van der Waals surface area (Å²) in [6, 6.07) is 7.30. The summed E-state index contributed by atoms with van der Waals surface area (Å²) >= 11 is 0. The molecule has 1 aromatic rings. The average Bonchev–Trinajstić information content (AvgIpc) is 2.68. The third-order valence-corrected chi connectivity index (χ3v) is 3.61. The van der Waals surface area contributed by atoms with Crippen molar-refractivity contribution < 1.29 is 14.7 Å². The van der Waals surface area contributed by atoms with E-state index in [1.165, 1.54) is 4.90 Å². The van der Waals surface area contributed by atoms with E-state index in [0.29, 0.717) is 18.5 Å². The first-order chi connectivity index (χ1) is 8.50. The van der Waals surface area contributed by atoms with Crippen molar-refractivity contribution in [2.24, 2.45) is 0 Å². The zero-order valence-electron chi connectivity index (χ0n) is 10.6. The van der Waals surface area contributed by atoms with E-state index in [4.69, 9.17) is 0 Å². The highest BCUT2D eigenvalue weighted by Gasteiger charge is 2.45. The van der Waals surface area contributed by atoms with Crippen LogP contribution in [0.2, 0.25) is 0 Å². The fraction of sp³-hybridized carbons (Fsp3) is 0.429. The molecule has 0 bridgehead atoms. The van der Waals surface area contributed by atoms with E-state index >= 15 is 0 Å². The van der Waals surface area contributed by atoms with E-state index in [-0.39, 0.29) is 5.91 Å². The summed E-state index contributed by atoms with van der Waals surface area (Å²) < 4.78 is 0. The highest BCUT2D eigenvalue weighted by molar-refractivity contribution is 6.01. The van der Waals surface area contributed by atoms with Crippen LogP contribution in [0.3, 0.4) is 0 Å². The molecule has 1 N–H and O–H groups in total. The van der Waals surface area contributed by atoms with Gasteiger partial charge in [0.2, 0.25) is 0 Å². The van der Waals surface area contributed by atoms with E-state index < -0.39 is 11.5 Å². The van der Waals surface area contributed by atoms with Crippen LogP contribution in [0.5, 0.6) is 0 Å². The lowest BCUT2D eigenvalue weighted by Crippen LogP contribution is -2.52. The van der Waals surface area contributed by atoms with Crippen molar-refractivity contribution in [2.75, 3.05) is 0 Å². The lowest BCUT2D eigenvalue weighted by molar-refractivity contribution is -0.149. The summed E-state index contributed by atoms with van der Waals surface area (Å²) in [6.07, 6.45) is 1.19. The van der Waals surface area contributed by atoms with Crippen molar-refractivity contribution >= 4 is 11.9 Å². The summed E-state index contributed by atoms with van der Waals surface area (Å²) in [5, 5.41) is 9.43. The second-order valence-corrected chi connectivity index (χ2v) is 4.88. The Hall–Kier alpha value is -1.84. The van der Waals surface area contributed by atoms with Crippen LogP contribution in [0.15, 0.2) is 24.3 Å². The molecule has 1 aliphatic rings. The normalized spacial score (nSPS) is 17.4. The van der Waals surface area contributed by atoms with Gasteiger partial charge < -0.3 is 10.0 Å². The lowest BCUT2D eigenvalue weighted by Gasteiger charge is -2.34. The smallest absolute Gasteiger partial charge is 0.329 e. The number of benzene rings is 1. The highest BCUT2D eigenvalue weighted by atomic mass is 16.4. The lowest BCUT2D eigenvalue weighted by atomic mass is 9.94. The van der Waals surface area contributed by atoms with Crippen molar-refractivity contribution in [1.82, 2.24) is 4.90 Å². The molecule has 0 radical (unpaired) electrons. The number of hydrogen-bond donors (Lipinski definition) is 1. The van der Waals surface area contributed by atoms with Gasteiger partial charge in [-0.1, -0.05) is 31.5 Å². The predicted molar refractivity (Wildman–Crippen MR) is 67.3 cm³/mol. The standard InChI is InChI=1S/C14H17NO3/c1-3-8-14(2,13(17)18)15-9-10-6-4-5-7-11(10)12(15)16/h4-7H,3,8-9H2,1-2H3,(H,17,18). The SMILES string of the molecule is CCCC(C)(C(=O)O)N1Cc2ccccc2C1=O. The van der Waals surface area contributed by atoms with Crippen LogP contribution >= 0.6 is 0 Å². The molecule has 0 saturated heterocycles. The fourth-order valence-corrected chi connectivity index (χ4v) is 2.50. The number of carbonyl (C=O) groups is 2. The number of carbonyl (C=O) groups excluding carboxylic acids is 1. The molecule has 96 valence electrons. The van der Waals surface area contributed by atoms with Gasteiger partial charge in [-0.15, -0.1) is 0 Å². The maximum absolute atomic E-state index is 12.3. The zero-order valence-corrected chi connectivity index (χ0v) is 10.6. The van der Waals surface area contributed by atoms with Crippen LogP contribution in [-0.4, -0.2) is 27.4 Å². The number of carboxylic acid groups (broad SMARTS) is 1. The Kier molecular flexibility index (Phi) is 3.11. The van der Waals surface area contributed by atoms with Gasteiger partial charge in [0.1, 0.15) is 5.54 Å². The van der Waals surface area contributed by atoms with Crippen LogP contribution in [0, 0.1) is 0 Å². The van der Waals surface area contributed by atoms with Gasteiger partial charge in [-0.2, -0.15) is 0 Å². The fourth-order valence-electron chi connectivity index (χ4n) is 2.50. The molecular weight excluding hydrogens is 230 g/mol. The van der Waals surface area contributed by atoms with E-state index in [1.54, 1.807) is 19.1 Å². The number of fused-ring (bicyclic) bond motifs is 1. The van der Waals surface area contributed by atoms with Crippen LogP contribution in [0.1, 0.15) is 42.6 Å². The summed E-state index contributed by atoms with van der Waals surface area (Å²) in [4.78, 5) is 25.3. The van der Waals surface area contributed by atoms with Gasteiger partial charge in [-0.25, -0.2) is 4.79 Å². The molecule has 0 aromatic heterocycles. The molecule has 0 saturated carbocycles. The Bertz CT molecular complexity index is 498. The molecule has 0 aliphatic carbocycles. The van der Waals surface area contributed by atoms with Gasteiger partial charge >= 0.3 is 5.97 Å². The molecule has 0 fully saturated rings. The second kappa shape index (κ2) is 4.44. The summed E-state index contributed by atoms with van der Waals surface area (Å²) in [6.45, 7) is 3.94. The number of amides is 1. The first-order valence-corrected chi connectivity index (χ1v) is 6.14. The molecule has 4 nitrogen and oxygen atoms in total. The van der Waals surface area contributed by atoms with Gasteiger partial charge in [0, 0.05) is 12.1 Å². The summed E-state index contributed by atoms with van der Waals surface area (Å²) in [5.74, 6) is -1.12. The maximum Gasteiger partial charge on any atom is 0.329 e. The third-order valence-electron chi connectivity index (χ3n) is 3.61. The number of rotatable bonds is 4. The molecule has 1 aromatic carbocycles. The van der Waals surface area contributed by atoms with E-state index in [0.717, 1.165) is 12.0 Å². The van der Waals surface area contributed by atoms with E-state index in [2.05, 4.69) is 0 Å². The van der Waals surface area contributed by atoms with Crippen molar-refractivity contribution in [3.8, 4) is 0 Å². The van der Waals surface area contributed by atoms with Crippen molar-refractivity contribution in [1.29, 1.82) is 0 Å². The number of aliphatic carboxylic acids is 1. The van der Waals surface area contributed by atoms with Crippen molar-refractivity contribution in [3.05, 3.63) is 35.4 Å². The van der Waals surface area contributed by atoms with Crippen LogP contribution in [0.25, 0.3) is 0 Å². The molecular formula is C14H17NO3. The van der Waals surface area contributed by atoms with Crippen LogP contribution < -0.4 is 0 Å².